The number of hydrogen-bond acceptors (Lipinski definition) is 4. The van der Waals surface area contributed by atoms with Gasteiger partial charge in [0.05, 0.1) is 18.2 Å². The molecular formula is C22H26FNO4S. The van der Waals surface area contributed by atoms with Gasteiger partial charge in [-0.05, 0) is 43.4 Å². The summed E-state index contributed by atoms with van der Waals surface area (Å²) in [5.41, 5.74) is -0.0437. The Hall–Kier alpha value is -1.80. The Labute approximate surface area is 170 Å². The molecule has 0 unspecified atom stereocenters. The number of sulfonamides is 1. The molecule has 1 saturated carbocycles. The van der Waals surface area contributed by atoms with Crippen molar-refractivity contribution in [2.24, 2.45) is 5.41 Å². The van der Waals surface area contributed by atoms with Crippen molar-refractivity contribution in [1.29, 1.82) is 0 Å². The molecule has 0 radical (unpaired) electrons. The zero-order valence-electron chi connectivity index (χ0n) is 16.3. The van der Waals surface area contributed by atoms with E-state index < -0.39 is 45.5 Å². The van der Waals surface area contributed by atoms with Crippen molar-refractivity contribution < 1.29 is 23.0 Å². The van der Waals surface area contributed by atoms with Gasteiger partial charge in [0, 0.05) is 11.5 Å². The molecule has 2 N–H and O–H groups in total. The molecule has 156 valence electrons. The van der Waals surface area contributed by atoms with Crippen LogP contribution in [0, 0.1) is 11.2 Å². The molecule has 1 saturated heterocycles. The smallest absolute Gasteiger partial charge is 0.246 e. The van der Waals surface area contributed by atoms with Crippen LogP contribution in [0.2, 0.25) is 0 Å². The fourth-order valence-corrected chi connectivity index (χ4v) is 7.09. The van der Waals surface area contributed by atoms with Gasteiger partial charge in [-0.2, -0.15) is 4.31 Å². The van der Waals surface area contributed by atoms with E-state index >= 15 is 0 Å². The average Bonchev–Trinajstić information content (AvgIpc) is 2.97. The molecule has 4 rings (SSSR count). The van der Waals surface area contributed by atoms with Crippen molar-refractivity contribution in [3.05, 3.63) is 66.0 Å². The molecule has 2 aliphatic rings. The third-order valence-corrected chi connectivity index (χ3v) is 8.55. The molecule has 5 nitrogen and oxygen atoms in total. The standard InChI is InChI=1S/C22H26FNO4S/c1-22-14-17(15-8-3-2-4-9-15)24(20(22)13-7-11-18(25)21(22)26)29(27,28)19-12-6-5-10-16(19)23/h2-6,8-10,12,17-18,20-21,25-26H,7,11,13-14H2,1H3/t17-,18-,20-,21+,22-/m1/s1. The van der Waals surface area contributed by atoms with Gasteiger partial charge >= 0.3 is 0 Å². The summed E-state index contributed by atoms with van der Waals surface area (Å²) in [5.74, 6) is -0.790. The maximum absolute atomic E-state index is 14.5. The summed E-state index contributed by atoms with van der Waals surface area (Å²) in [6.07, 6.45) is -0.102. The lowest BCUT2D eigenvalue weighted by Gasteiger charge is -2.37. The van der Waals surface area contributed by atoms with E-state index in [9.17, 15) is 23.0 Å². The fourth-order valence-electron chi connectivity index (χ4n) is 5.09. The normalized spacial score (nSPS) is 33.2. The number of rotatable bonds is 3. The number of benzene rings is 2. The summed E-state index contributed by atoms with van der Waals surface area (Å²) in [6.45, 7) is 1.84. The molecule has 0 aromatic heterocycles. The zero-order valence-corrected chi connectivity index (χ0v) is 17.1. The second-order valence-corrected chi connectivity index (χ2v) is 10.2. The van der Waals surface area contributed by atoms with E-state index in [4.69, 9.17) is 0 Å². The minimum Gasteiger partial charge on any atom is -0.390 e. The second-order valence-electron chi connectivity index (χ2n) is 8.36. The topological polar surface area (TPSA) is 77.8 Å². The van der Waals surface area contributed by atoms with Crippen LogP contribution in [-0.2, 0) is 10.0 Å². The minimum atomic E-state index is -4.17. The van der Waals surface area contributed by atoms with Gasteiger partial charge in [0.2, 0.25) is 10.0 Å². The van der Waals surface area contributed by atoms with Gasteiger partial charge in [0.15, 0.2) is 0 Å². The van der Waals surface area contributed by atoms with E-state index in [0.29, 0.717) is 25.7 Å². The molecule has 0 amide bonds. The van der Waals surface area contributed by atoms with Crippen LogP contribution >= 0.6 is 0 Å². The van der Waals surface area contributed by atoms with Gasteiger partial charge in [-0.15, -0.1) is 0 Å². The van der Waals surface area contributed by atoms with Crippen LogP contribution in [0.3, 0.4) is 0 Å². The highest BCUT2D eigenvalue weighted by molar-refractivity contribution is 7.89. The molecule has 0 spiro atoms. The molecule has 1 heterocycles. The summed E-state index contributed by atoms with van der Waals surface area (Å²) < 4.78 is 43.3. The Morgan fingerprint density at radius 3 is 2.38 bits per heavy atom. The van der Waals surface area contributed by atoms with Crippen molar-refractivity contribution >= 4 is 10.0 Å². The molecule has 1 aliphatic carbocycles. The van der Waals surface area contributed by atoms with Gasteiger partial charge in [-0.3, -0.25) is 0 Å². The number of aliphatic hydroxyl groups is 2. The van der Waals surface area contributed by atoms with Crippen LogP contribution in [0.4, 0.5) is 4.39 Å². The summed E-state index contributed by atoms with van der Waals surface area (Å²) in [6, 6.07) is 13.5. The SMILES string of the molecule is C[C@@]12C[C@H](c3ccccc3)N(S(=O)(=O)c3ccccc3F)[C@@H]1CCC[C@@H](O)[C@@H]2O. The number of fused-ring (bicyclic) bond motifs is 1. The molecule has 29 heavy (non-hydrogen) atoms. The summed E-state index contributed by atoms with van der Waals surface area (Å²) in [5, 5.41) is 21.3. The average molecular weight is 420 g/mol. The van der Waals surface area contributed by atoms with Crippen molar-refractivity contribution in [3.63, 3.8) is 0 Å². The monoisotopic (exact) mass is 419 g/mol. The van der Waals surface area contributed by atoms with Crippen molar-refractivity contribution in [1.82, 2.24) is 4.31 Å². The van der Waals surface area contributed by atoms with Gasteiger partial charge in [0.1, 0.15) is 10.7 Å². The molecule has 0 bridgehead atoms. The first-order valence-corrected chi connectivity index (χ1v) is 11.4. The van der Waals surface area contributed by atoms with E-state index in [1.807, 2.05) is 37.3 Å². The van der Waals surface area contributed by atoms with Crippen LogP contribution in [0.5, 0.6) is 0 Å². The molecule has 2 fully saturated rings. The van der Waals surface area contributed by atoms with E-state index in [-0.39, 0.29) is 4.90 Å². The maximum atomic E-state index is 14.5. The molecule has 2 aromatic rings. The predicted molar refractivity (Wildman–Crippen MR) is 107 cm³/mol. The van der Waals surface area contributed by atoms with Crippen molar-refractivity contribution in [3.8, 4) is 0 Å². The first-order chi connectivity index (χ1) is 13.8. The number of nitrogens with zero attached hydrogens (tertiary/aromatic N) is 1. The lowest BCUT2D eigenvalue weighted by Crippen LogP contribution is -2.49. The molecule has 2 aromatic carbocycles. The molecular weight excluding hydrogens is 393 g/mol. The van der Waals surface area contributed by atoms with Crippen LogP contribution in [0.1, 0.15) is 44.2 Å². The quantitative estimate of drug-likeness (QED) is 0.801. The molecule has 5 atom stereocenters. The van der Waals surface area contributed by atoms with Crippen LogP contribution in [-0.4, -0.2) is 41.2 Å². The van der Waals surface area contributed by atoms with Gasteiger partial charge in [0.25, 0.3) is 0 Å². The summed E-state index contributed by atoms with van der Waals surface area (Å²) >= 11 is 0. The third-order valence-electron chi connectivity index (χ3n) is 6.60. The second kappa shape index (κ2) is 7.47. The number of halogens is 1. The van der Waals surface area contributed by atoms with Gasteiger partial charge in [-0.25, -0.2) is 12.8 Å². The Morgan fingerprint density at radius 1 is 1.03 bits per heavy atom. The molecule has 1 aliphatic heterocycles. The van der Waals surface area contributed by atoms with Crippen LogP contribution in [0.15, 0.2) is 59.5 Å². The Bertz CT molecular complexity index is 983. The first-order valence-electron chi connectivity index (χ1n) is 9.96. The lowest BCUT2D eigenvalue weighted by molar-refractivity contribution is -0.0594. The highest BCUT2D eigenvalue weighted by Gasteiger charge is 2.59. The van der Waals surface area contributed by atoms with E-state index in [0.717, 1.165) is 11.6 Å². The predicted octanol–water partition coefficient (Wildman–Crippen LogP) is 3.24. The first kappa shape index (κ1) is 20.5. The Balaban J connectivity index is 1.89. The van der Waals surface area contributed by atoms with E-state index in [1.165, 1.54) is 22.5 Å². The highest BCUT2D eigenvalue weighted by atomic mass is 32.2. The van der Waals surface area contributed by atoms with Crippen LogP contribution < -0.4 is 0 Å². The Morgan fingerprint density at radius 2 is 1.69 bits per heavy atom. The Kier molecular flexibility index (Phi) is 5.27. The van der Waals surface area contributed by atoms with Crippen molar-refractivity contribution in [2.75, 3.05) is 0 Å². The largest absolute Gasteiger partial charge is 0.390 e. The number of aliphatic hydroxyl groups excluding tert-OH is 2. The van der Waals surface area contributed by atoms with Crippen molar-refractivity contribution in [2.45, 2.75) is 61.8 Å². The summed E-state index contributed by atoms with van der Waals surface area (Å²) in [4.78, 5) is -0.357. The highest BCUT2D eigenvalue weighted by Crippen LogP contribution is 2.55. The van der Waals surface area contributed by atoms with Gasteiger partial charge < -0.3 is 10.2 Å². The maximum Gasteiger partial charge on any atom is 0.246 e. The zero-order chi connectivity index (χ0) is 20.8. The summed E-state index contributed by atoms with van der Waals surface area (Å²) in [7, 11) is -4.17. The van der Waals surface area contributed by atoms with E-state index in [2.05, 4.69) is 0 Å². The van der Waals surface area contributed by atoms with Crippen LogP contribution in [0.25, 0.3) is 0 Å². The molecule has 7 heteroatoms. The lowest BCUT2D eigenvalue weighted by atomic mass is 9.74. The fraction of sp³-hybridized carbons (Fsp3) is 0.455. The van der Waals surface area contributed by atoms with E-state index in [1.54, 1.807) is 0 Å². The minimum absolute atomic E-state index is 0.355. The number of hydrogen-bond donors (Lipinski definition) is 2. The third kappa shape index (κ3) is 3.30. The van der Waals surface area contributed by atoms with Gasteiger partial charge in [-0.1, -0.05) is 49.4 Å².